The normalized spacial score (nSPS) is 21.0. The molecule has 2 atom stereocenters. The highest BCUT2D eigenvalue weighted by molar-refractivity contribution is 9.10. The van der Waals surface area contributed by atoms with Crippen LogP contribution in [0.4, 0.5) is 0 Å². The molecule has 3 rings (SSSR count). The Kier molecular flexibility index (Phi) is 3.49. The molecule has 0 saturated carbocycles. The van der Waals surface area contributed by atoms with E-state index in [0.717, 1.165) is 20.9 Å². The summed E-state index contributed by atoms with van der Waals surface area (Å²) >= 11 is 3.44. The summed E-state index contributed by atoms with van der Waals surface area (Å²) in [6, 6.07) is 5.14. The summed E-state index contributed by atoms with van der Waals surface area (Å²) in [5.74, 6) is -0.818. The van der Waals surface area contributed by atoms with Crippen LogP contribution in [0.3, 0.4) is 0 Å². The molecule has 2 aromatic rings. The molecule has 0 radical (unpaired) electrons. The third-order valence-electron chi connectivity index (χ3n) is 3.81. The SMILES string of the molecule is CCOC(=O)[C@H]1NC(=O)c2[nH]c3ccc(Br)cc3c2[C@H]1C. The van der Waals surface area contributed by atoms with Gasteiger partial charge >= 0.3 is 5.97 Å². The fourth-order valence-corrected chi connectivity index (χ4v) is 3.20. The number of hydrogen-bond donors (Lipinski definition) is 2. The average molecular weight is 351 g/mol. The van der Waals surface area contributed by atoms with E-state index in [4.69, 9.17) is 4.74 Å². The molecule has 110 valence electrons. The maximum Gasteiger partial charge on any atom is 0.329 e. The van der Waals surface area contributed by atoms with Crippen molar-refractivity contribution >= 4 is 38.7 Å². The predicted octanol–water partition coefficient (Wildman–Crippen LogP) is 2.71. The standard InChI is InChI=1S/C15H15BrN2O3/c1-3-21-15(20)12-7(2)11-9-6-8(16)4-5-10(9)17-13(11)14(19)18-12/h4-7,12,17H,3H2,1-2H3,(H,18,19)/t7-,12+/m1/s1. The number of halogens is 1. The van der Waals surface area contributed by atoms with E-state index in [-0.39, 0.29) is 11.8 Å². The number of H-pyrrole nitrogens is 1. The van der Waals surface area contributed by atoms with Crippen LogP contribution in [0.25, 0.3) is 10.9 Å². The molecule has 6 heteroatoms. The summed E-state index contributed by atoms with van der Waals surface area (Å²) < 4.78 is 5.99. The lowest BCUT2D eigenvalue weighted by Gasteiger charge is -2.28. The van der Waals surface area contributed by atoms with Crippen LogP contribution in [0.15, 0.2) is 22.7 Å². The Balaban J connectivity index is 2.13. The van der Waals surface area contributed by atoms with Gasteiger partial charge in [-0.3, -0.25) is 4.79 Å². The average Bonchev–Trinajstić information content (AvgIpc) is 2.82. The Morgan fingerprint density at radius 3 is 2.90 bits per heavy atom. The van der Waals surface area contributed by atoms with Gasteiger partial charge in [0.2, 0.25) is 0 Å². The Morgan fingerprint density at radius 2 is 2.19 bits per heavy atom. The highest BCUT2D eigenvalue weighted by Gasteiger charge is 2.38. The van der Waals surface area contributed by atoms with Crippen LogP contribution in [0.1, 0.15) is 35.8 Å². The monoisotopic (exact) mass is 350 g/mol. The van der Waals surface area contributed by atoms with Gasteiger partial charge in [-0.15, -0.1) is 0 Å². The van der Waals surface area contributed by atoms with Crippen molar-refractivity contribution in [1.29, 1.82) is 0 Å². The van der Waals surface area contributed by atoms with Crippen LogP contribution < -0.4 is 5.32 Å². The number of esters is 1. The first-order chi connectivity index (χ1) is 10.0. The summed E-state index contributed by atoms with van der Waals surface area (Å²) in [4.78, 5) is 27.4. The molecule has 21 heavy (non-hydrogen) atoms. The van der Waals surface area contributed by atoms with Crippen molar-refractivity contribution in [2.24, 2.45) is 0 Å². The number of fused-ring (bicyclic) bond motifs is 3. The minimum Gasteiger partial charge on any atom is -0.464 e. The zero-order valence-corrected chi connectivity index (χ0v) is 13.3. The first-order valence-electron chi connectivity index (χ1n) is 6.81. The van der Waals surface area contributed by atoms with E-state index in [0.29, 0.717) is 12.3 Å². The number of carbonyl (C=O) groups excluding carboxylic acids is 2. The molecule has 1 aliphatic heterocycles. The number of amides is 1. The number of hydrogen-bond acceptors (Lipinski definition) is 3. The molecule has 5 nitrogen and oxygen atoms in total. The highest BCUT2D eigenvalue weighted by atomic mass is 79.9. The second-order valence-electron chi connectivity index (χ2n) is 5.10. The zero-order valence-electron chi connectivity index (χ0n) is 11.7. The number of ether oxygens (including phenoxy) is 1. The van der Waals surface area contributed by atoms with Crippen molar-refractivity contribution in [3.63, 3.8) is 0 Å². The van der Waals surface area contributed by atoms with Gasteiger partial charge in [0, 0.05) is 21.3 Å². The quantitative estimate of drug-likeness (QED) is 0.818. The molecule has 0 unspecified atom stereocenters. The highest BCUT2D eigenvalue weighted by Crippen LogP contribution is 2.35. The van der Waals surface area contributed by atoms with E-state index in [1.54, 1.807) is 6.92 Å². The summed E-state index contributed by atoms with van der Waals surface area (Å²) in [6.07, 6.45) is 0. The lowest BCUT2D eigenvalue weighted by atomic mass is 9.87. The summed E-state index contributed by atoms with van der Waals surface area (Å²) in [5, 5.41) is 3.68. The van der Waals surface area contributed by atoms with Gasteiger partial charge in [0.25, 0.3) is 5.91 Å². The van der Waals surface area contributed by atoms with Gasteiger partial charge in [-0.2, -0.15) is 0 Å². The molecule has 1 aromatic heterocycles. The number of rotatable bonds is 2. The second-order valence-corrected chi connectivity index (χ2v) is 6.01. The van der Waals surface area contributed by atoms with Crippen LogP contribution >= 0.6 is 15.9 Å². The third-order valence-corrected chi connectivity index (χ3v) is 4.30. The van der Waals surface area contributed by atoms with Crippen molar-refractivity contribution in [2.75, 3.05) is 6.61 Å². The van der Waals surface area contributed by atoms with Crippen LogP contribution in [0, 0.1) is 0 Å². The van der Waals surface area contributed by atoms with Gasteiger partial charge in [0.1, 0.15) is 11.7 Å². The molecule has 1 aromatic carbocycles. The predicted molar refractivity (Wildman–Crippen MR) is 82.3 cm³/mol. The van der Waals surface area contributed by atoms with Gasteiger partial charge in [0.15, 0.2) is 0 Å². The van der Waals surface area contributed by atoms with E-state index in [9.17, 15) is 9.59 Å². The molecule has 0 aliphatic carbocycles. The maximum absolute atomic E-state index is 12.2. The van der Waals surface area contributed by atoms with Crippen LogP contribution in [0.2, 0.25) is 0 Å². The number of aromatic nitrogens is 1. The van der Waals surface area contributed by atoms with E-state index < -0.39 is 12.0 Å². The lowest BCUT2D eigenvalue weighted by molar-refractivity contribution is -0.146. The minimum atomic E-state index is -0.650. The number of nitrogens with one attached hydrogen (secondary N) is 2. The Morgan fingerprint density at radius 1 is 1.43 bits per heavy atom. The molecule has 0 fully saturated rings. The molecule has 0 spiro atoms. The van der Waals surface area contributed by atoms with E-state index in [2.05, 4.69) is 26.2 Å². The smallest absolute Gasteiger partial charge is 0.329 e. The van der Waals surface area contributed by atoms with Crippen LogP contribution in [0.5, 0.6) is 0 Å². The van der Waals surface area contributed by atoms with Crippen molar-refractivity contribution in [3.05, 3.63) is 33.9 Å². The number of benzene rings is 1. The minimum absolute atomic E-state index is 0.153. The lowest BCUT2D eigenvalue weighted by Crippen LogP contribution is -2.49. The molecule has 1 amide bonds. The summed E-state index contributed by atoms with van der Waals surface area (Å²) in [7, 11) is 0. The molecule has 0 bridgehead atoms. The maximum atomic E-state index is 12.2. The van der Waals surface area contributed by atoms with Gasteiger partial charge in [-0.05, 0) is 30.7 Å². The van der Waals surface area contributed by atoms with E-state index in [1.807, 2.05) is 25.1 Å². The first-order valence-corrected chi connectivity index (χ1v) is 7.60. The van der Waals surface area contributed by atoms with Crippen LogP contribution in [-0.2, 0) is 9.53 Å². The van der Waals surface area contributed by atoms with Gasteiger partial charge < -0.3 is 15.0 Å². The zero-order chi connectivity index (χ0) is 15.1. The Hall–Kier alpha value is -1.82. The first kappa shape index (κ1) is 14.1. The van der Waals surface area contributed by atoms with Crippen molar-refractivity contribution in [1.82, 2.24) is 10.3 Å². The van der Waals surface area contributed by atoms with Crippen molar-refractivity contribution in [2.45, 2.75) is 25.8 Å². The third kappa shape index (κ3) is 2.23. The van der Waals surface area contributed by atoms with Gasteiger partial charge in [0.05, 0.1) is 6.61 Å². The summed E-state index contributed by atoms with van der Waals surface area (Å²) in [5.41, 5.74) is 2.28. The fraction of sp³-hybridized carbons (Fsp3) is 0.333. The molecular weight excluding hydrogens is 336 g/mol. The summed E-state index contributed by atoms with van der Waals surface area (Å²) in [6.45, 7) is 3.97. The molecular formula is C15H15BrN2O3. The Labute approximate surface area is 130 Å². The Bertz CT molecular complexity index is 738. The topological polar surface area (TPSA) is 71.2 Å². The molecule has 2 N–H and O–H groups in total. The number of carbonyl (C=O) groups is 2. The van der Waals surface area contributed by atoms with E-state index >= 15 is 0 Å². The molecule has 1 aliphatic rings. The number of aromatic amines is 1. The van der Waals surface area contributed by atoms with E-state index in [1.165, 1.54) is 0 Å². The van der Waals surface area contributed by atoms with Crippen molar-refractivity contribution < 1.29 is 14.3 Å². The largest absolute Gasteiger partial charge is 0.464 e. The second kappa shape index (κ2) is 5.18. The van der Waals surface area contributed by atoms with Gasteiger partial charge in [-0.25, -0.2) is 4.79 Å². The van der Waals surface area contributed by atoms with Crippen LogP contribution in [-0.4, -0.2) is 29.5 Å². The van der Waals surface area contributed by atoms with Gasteiger partial charge in [-0.1, -0.05) is 22.9 Å². The fourth-order valence-electron chi connectivity index (χ4n) is 2.84. The molecule has 2 heterocycles. The molecule has 0 saturated heterocycles. The van der Waals surface area contributed by atoms with Crippen molar-refractivity contribution in [3.8, 4) is 0 Å².